The fourth-order valence-corrected chi connectivity index (χ4v) is 2.00. The molecule has 1 aromatic heterocycles. The molecule has 0 aliphatic carbocycles. The van der Waals surface area contributed by atoms with E-state index in [9.17, 15) is 0 Å². The van der Waals surface area contributed by atoms with Gasteiger partial charge in [-0.2, -0.15) is 4.37 Å². The number of aryl methyl sites for hydroxylation is 2. The third-order valence-electron chi connectivity index (χ3n) is 1.19. The lowest BCUT2D eigenvalue weighted by atomic mass is 10.3. The van der Waals surface area contributed by atoms with Crippen LogP contribution in [0.1, 0.15) is 17.5 Å². The predicted molar refractivity (Wildman–Crippen MR) is 43.9 cm³/mol. The molecule has 1 heterocycles. The summed E-state index contributed by atoms with van der Waals surface area (Å²) in [6.45, 7) is 4.18. The van der Waals surface area contributed by atoms with Crippen molar-refractivity contribution < 1.29 is 0 Å². The highest BCUT2D eigenvalue weighted by Gasteiger charge is 2.03. The number of hydrogen-bond donors (Lipinski definition) is 0. The average molecular weight is 206 g/mol. The van der Waals surface area contributed by atoms with Crippen molar-refractivity contribution in [3.8, 4) is 0 Å². The van der Waals surface area contributed by atoms with Crippen molar-refractivity contribution in [1.82, 2.24) is 4.37 Å². The Bertz CT molecular complexity index is 207. The van der Waals surface area contributed by atoms with E-state index in [-0.39, 0.29) is 0 Å². The summed E-state index contributed by atoms with van der Waals surface area (Å²) in [6.07, 6.45) is 1.02. The molecule has 0 N–H and O–H groups in total. The summed E-state index contributed by atoms with van der Waals surface area (Å²) in [5.41, 5.74) is 1.18. The van der Waals surface area contributed by atoms with Crippen molar-refractivity contribution in [2.45, 2.75) is 20.3 Å². The standard InChI is InChI=1S/C6H8BrNS/c1-3-5-6(7)4(2)9-8-5/h3H2,1-2H3. The molecule has 0 fully saturated rings. The Morgan fingerprint density at radius 1 is 1.67 bits per heavy atom. The second-order valence-corrected chi connectivity index (χ2v) is 3.62. The van der Waals surface area contributed by atoms with Gasteiger partial charge in [0.2, 0.25) is 0 Å². The van der Waals surface area contributed by atoms with E-state index in [4.69, 9.17) is 0 Å². The summed E-state index contributed by atoms with van der Waals surface area (Å²) >= 11 is 5.02. The molecule has 1 nitrogen and oxygen atoms in total. The van der Waals surface area contributed by atoms with Crippen LogP contribution in [0.4, 0.5) is 0 Å². The number of hydrogen-bond acceptors (Lipinski definition) is 2. The number of rotatable bonds is 1. The summed E-state index contributed by atoms with van der Waals surface area (Å²) in [7, 11) is 0. The molecular formula is C6H8BrNS. The monoisotopic (exact) mass is 205 g/mol. The van der Waals surface area contributed by atoms with Crippen molar-refractivity contribution in [3.63, 3.8) is 0 Å². The Morgan fingerprint density at radius 2 is 2.33 bits per heavy atom. The van der Waals surface area contributed by atoms with Crippen molar-refractivity contribution in [3.05, 3.63) is 15.0 Å². The molecule has 0 saturated carbocycles. The molecule has 0 aliphatic heterocycles. The van der Waals surface area contributed by atoms with Gasteiger partial charge in [0.25, 0.3) is 0 Å². The van der Waals surface area contributed by atoms with Crippen LogP contribution in [0.15, 0.2) is 4.47 Å². The minimum absolute atomic E-state index is 1.02. The van der Waals surface area contributed by atoms with Gasteiger partial charge in [0.05, 0.1) is 10.2 Å². The topological polar surface area (TPSA) is 12.9 Å². The molecule has 0 amide bonds. The van der Waals surface area contributed by atoms with Crippen LogP contribution in [-0.2, 0) is 6.42 Å². The highest BCUT2D eigenvalue weighted by molar-refractivity contribution is 9.10. The summed E-state index contributed by atoms with van der Waals surface area (Å²) in [4.78, 5) is 1.27. The van der Waals surface area contributed by atoms with Gasteiger partial charge in [0.15, 0.2) is 0 Å². The second kappa shape index (κ2) is 2.80. The first-order valence-electron chi connectivity index (χ1n) is 2.86. The highest BCUT2D eigenvalue weighted by atomic mass is 79.9. The van der Waals surface area contributed by atoms with Crippen LogP contribution in [-0.4, -0.2) is 4.37 Å². The van der Waals surface area contributed by atoms with Gasteiger partial charge < -0.3 is 0 Å². The van der Waals surface area contributed by atoms with Crippen LogP contribution in [0.25, 0.3) is 0 Å². The average Bonchev–Trinajstić information content (AvgIpc) is 2.15. The maximum Gasteiger partial charge on any atom is 0.0684 e. The molecule has 0 atom stereocenters. The van der Waals surface area contributed by atoms with E-state index >= 15 is 0 Å². The van der Waals surface area contributed by atoms with Gasteiger partial charge in [-0.3, -0.25) is 0 Å². The third-order valence-corrected chi connectivity index (χ3v) is 3.29. The van der Waals surface area contributed by atoms with Gasteiger partial charge in [0, 0.05) is 4.88 Å². The van der Waals surface area contributed by atoms with Crippen LogP contribution in [0.2, 0.25) is 0 Å². The van der Waals surface area contributed by atoms with E-state index in [1.807, 2.05) is 0 Å². The van der Waals surface area contributed by atoms with Crippen LogP contribution in [0.5, 0.6) is 0 Å². The van der Waals surface area contributed by atoms with E-state index in [1.54, 1.807) is 11.5 Å². The fraction of sp³-hybridized carbons (Fsp3) is 0.500. The van der Waals surface area contributed by atoms with E-state index in [2.05, 4.69) is 34.2 Å². The molecule has 0 saturated heterocycles. The largest absolute Gasteiger partial charge is 0.196 e. The van der Waals surface area contributed by atoms with E-state index in [0.717, 1.165) is 6.42 Å². The minimum atomic E-state index is 1.02. The van der Waals surface area contributed by atoms with Crippen molar-refractivity contribution in [1.29, 1.82) is 0 Å². The number of nitrogens with zero attached hydrogens (tertiary/aromatic N) is 1. The smallest absolute Gasteiger partial charge is 0.0684 e. The maximum atomic E-state index is 4.23. The summed E-state index contributed by atoms with van der Waals surface area (Å²) in [6, 6.07) is 0. The van der Waals surface area contributed by atoms with Gasteiger partial charge in [-0.05, 0) is 40.8 Å². The first kappa shape index (κ1) is 7.22. The quantitative estimate of drug-likeness (QED) is 0.688. The van der Waals surface area contributed by atoms with E-state index in [1.165, 1.54) is 15.0 Å². The normalized spacial score (nSPS) is 10.1. The first-order valence-corrected chi connectivity index (χ1v) is 4.43. The SMILES string of the molecule is CCc1nsc(C)c1Br. The summed E-state index contributed by atoms with van der Waals surface area (Å²) < 4.78 is 5.42. The third kappa shape index (κ3) is 1.33. The summed E-state index contributed by atoms with van der Waals surface area (Å²) in [5.74, 6) is 0. The molecule has 0 spiro atoms. The molecule has 0 aromatic carbocycles. The zero-order chi connectivity index (χ0) is 6.85. The maximum absolute atomic E-state index is 4.23. The molecule has 0 unspecified atom stereocenters. The zero-order valence-electron chi connectivity index (χ0n) is 5.44. The Labute approximate surface area is 67.4 Å². The van der Waals surface area contributed by atoms with Gasteiger partial charge in [-0.25, -0.2) is 0 Å². The van der Waals surface area contributed by atoms with E-state index in [0.29, 0.717) is 0 Å². The first-order chi connectivity index (χ1) is 4.25. The van der Waals surface area contributed by atoms with Gasteiger partial charge in [0.1, 0.15) is 0 Å². The lowest BCUT2D eigenvalue weighted by Gasteiger charge is -1.86. The Kier molecular flexibility index (Phi) is 2.24. The van der Waals surface area contributed by atoms with Crippen molar-refractivity contribution in [2.75, 3.05) is 0 Å². The van der Waals surface area contributed by atoms with E-state index < -0.39 is 0 Å². The Balaban J connectivity index is 3.04. The number of halogens is 1. The minimum Gasteiger partial charge on any atom is -0.196 e. The van der Waals surface area contributed by atoms with Crippen LogP contribution < -0.4 is 0 Å². The van der Waals surface area contributed by atoms with Crippen LogP contribution in [0.3, 0.4) is 0 Å². The molecular weight excluding hydrogens is 198 g/mol. The molecule has 1 aromatic rings. The van der Waals surface area contributed by atoms with Crippen molar-refractivity contribution >= 4 is 27.5 Å². The molecule has 0 bridgehead atoms. The van der Waals surface area contributed by atoms with Crippen LogP contribution >= 0.6 is 27.5 Å². The van der Waals surface area contributed by atoms with Gasteiger partial charge >= 0.3 is 0 Å². The lowest BCUT2D eigenvalue weighted by Crippen LogP contribution is -1.77. The molecule has 50 valence electrons. The molecule has 0 aliphatic rings. The molecule has 1 rings (SSSR count). The van der Waals surface area contributed by atoms with Gasteiger partial charge in [-0.1, -0.05) is 6.92 Å². The molecule has 9 heavy (non-hydrogen) atoms. The Morgan fingerprint density at radius 3 is 2.56 bits per heavy atom. The lowest BCUT2D eigenvalue weighted by molar-refractivity contribution is 1.07. The van der Waals surface area contributed by atoms with Crippen LogP contribution in [0, 0.1) is 6.92 Å². The second-order valence-electron chi connectivity index (χ2n) is 1.85. The van der Waals surface area contributed by atoms with Gasteiger partial charge in [-0.15, -0.1) is 0 Å². The van der Waals surface area contributed by atoms with Crippen molar-refractivity contribution in [2.24, 2.45) is 0 Å². The summed E-state index contributed by atoms with van der Waals surface area (Å²) in [5, 5.41) is 0. The predicted octanol–water partition coefficient (Wildman–Crippen LogP) is 2.78. The zero-order valence-corrected chi connectivity index (χ0v) is 7.84. The number of aromatic nitrogens is 1. The Hall–Kier alpha value is 0.110. The molecule has 3 heteroatoms. The molecule has 0 radical (unpaired) electrons. The fourth-order valence-electron chi connectivity index (χ4n) is 0.627. The highest BCUT2D eigenvalue weighted by Crippen LogP contribution is 2.23.